The lowest BCUT2D eigenvalue weighted by Crippen LogP contribution is -2.54. The third kappa shape index (κ3) is 4.07. The summed E-state index contributed by atoms with van der Waals surface area (Å²) in [6, 6.07) is -0.424. The smallest absolute Gasteiger partial charge is 0.320 e. The number of urea groups is 1. The third-order valence-corrected chi connectivity index (χ3v) is 5.81. The molecule has 0 aromatic heterocycles. The molecule has 0 spiro atoms. The molecule has 2 heterocycles. The first kappa shape index (κ1) is 16.0. The summed E-state index contributed by atoms with van der Waals surface area (Å²) in [6.45, 7) is 1.97. The number of nitrogens with zero attached hydrogens (tertiary/aromatic N) is 3. The maximum absolute atomic E-state index is 12.3. The van der Waals surface area contributed by atoms with Gasteiger partial charge in [0.05, 0.1) is 18.1 Å². The van der Waals surface area contributed by atoms with Crippen LogP contribution in [0.3, 0.4) is 0 Å². The van der Waals surface area contributed by atoms with Gasteiger partial charge >= 0.3 is 12.0 Å². The highest BCUT2D eigenvalue weighted by atomic mass is 32.2. The number of carboxylic acid groups (broad SMARTS) is 1. The zero-order chi connectivity index (χ0) is 15.6. The van der Waals surface area contributed by atoms with Gasteiger partial charge in [0.25, 0.3) is 0 Å². The van der Waals surface area contributed by atoms with Crippen molar-refractivity contribution in [3.63, 3.8) is 0 Å². The van der Waals surface area contributed by atoms with E-state index in [1.54, 1.807) is 16.8 Å². The minimum atomic E-state index is -3.01. The van der Waals surface area contributed by atoms with E-state index in [1.165, 1.54) is 4.90 Å². The molecule has 2 rings (SSSR count). The van der Waals surface area contributed by atoms with Crippen molar-refractivity contribution in [2.75, 3.05) is 51.3 Å². The summed E-state index contributed by atoms with van der Waals surface area (Å²) >= 11 is 0. The lowest BCUT2D eigenvalue weighted by Gasteiger charge is -2.37. The molecule has 0 radical (unpaired) electrons. The van der Waals surface area contributed by atoms with Crippen LogP contribution in [0.15, 0.2) is 0 Å². The number of aliphatic carboxylic acids is 1. The highest BCUT2D eigenvalue weighted by Gasteiger charge is 2.35. The van der Waals surface area contributed by atoms with E-state index in [4.69, 9.17) is 5.11 Å². The van der Waals surface area contributed by atoms with Crippen LogP contribution in [0.5, 0.6) is 0 Å². The molecule has 9 heteroatoms. The number of piperazine rings is 1. The molecule has 0 aromatic rings. The van der Waals surface area contributed by atoms with E-state index >= 15 is 0 Å². The largest absolute Gasteiger partial charge is 0.480 e. The van der Waals surface area contributed by atoms with Gasteiger partial charge in [-0.3, -0.25) is 9.69 Å². The Hall–Kier alpha value is -1.35. The van der Waals surface area contributed by atoms with E-state index in [0.717, 1.165) is 0 Å². The number of hydrogen-bond acceptors (Lipinski definition) is 5. The SMILES string of the molecule is CN(C(=O)N1CCN(CC(=O)O)CC1)C1CCS(=O)(=O)C1. The second-order valence-corrected chi connectivity index (χ2v) is 7.84. The highest BCUT2D eigenvalue weighted by Crippen LogP contribution is 2.18. The Kier molecular flexibility index (Phi) is 4.72. The second kappa shape index (κ2) is 6.18. The Balaban J connectivity index is 1.86. The lowest BCUT2D eigenvalue weighted by atomic mass is 10.2. The van der Waals surface area contributed by atoms with Crippen molar-refractivity contribution in [3.05, 3.63) is 0 Å². The van der Waals surface area contributed by atoms with Gasteiger partial charge in [0, 0.05) is 39.3 Å². The molecule has 21 heavy (non-hydrogen) atoms. The van der Waals surface area contributed by atoms with Crippen molar-refractivity contribution >= 4 is 21.8 Å². The van der Waals surface area contributed by atoms with Crippen LogP contribution in [-0.2, 0) is 14.6 Å². The minimum absolute atomic E-state index is 0.0151. The molecule has 2 amide bonds. The molecule has 2 saturated heterocycles. The Morgan fingerprint density at radius 2 is 1.86 bits per heavy atom. The molecule has 8 nitrogen and oxygen atoms in total. The first-order valence-corrected chi connectivity index (χ1v) is 8.77. The molecule has 0 bridgehead atoms. The van der Waals surface area contributed by atoms with Crippen molar-refractivity contribution in [3.8, 4) is 0 Å². The molecular weight excluding hydrogens is 298 g/mol. The molecule has 2 aliphatic heterocycles. The molecule has 1 atom stereocenters. The number of amides is 2. The predicted octanol–water partition coefficient (Wildman–Crippen LogP) is -1.07. The first-order chi connectivity index (χ1) is 9.78. The second-order valence-electron chi connectivity index (χ2n) is 5.61. The van der Waals surface area contributed by atoms with Crippen molar-refractivity contribution in [2.45, 2.75) is 12.5 Å². The summed E-state index contributed by atoms with van der Waals surface area (Å²) < 4.78 is 23.0. The number of carbonyl (C=O) groups excluding carboxylic acids is 1. The van der Waals surface area contributed by atoms with Gasteiger partial charge in [-0.2, -0.15) is 0 Å². The van der Waals surface area contributed by atoms with Crippen LogP contribution >= 0.6 is 0 Å². The fourth-order valence-electron chi connectivity index (χ4n) is 2.75. The monoisotopic (exact) mass is 319 g/mol. The van der Waals surface area contributed by atoms with Gasteiger partial charge in [-0.05, 0) is 6.42 Å². The summed E-state index contributed by atoms with van der Waals surface area (Å²) in [4.78, 5) is 27.9. The molecule has 0 aromatic carbocycles. The van der Waals surface area contributed by atoms with Crippen LogP contribution in [0.4, 0.5) is 4.79 Å². The number of rotatable bonds is 3. The van der Waals surface area contributed by atoms with Gasteiger partial charge in [-0.25, -0.2) is 13.2 Å². The summed E-state index contributed by atoms with van der Waals surface area (Å²) in [7, 11) is -1.38. The fourth-order valence-corrected chi connectivity index (χ4v) is 4.52. The topological polar surface area (TPSA) is 98.2 Å². The van der Waals surface area contributed by atoms with Crippen LogP contribution < -0.4 is 0 Å². The summed E-state index contributed by atoms with van der Waals surface area (Å²) in [5.74, 6) is -0.696. The van der Waals surface area contributed by atoms with Gasteiger partial charge in [0.15, 0.2) is 9.84 Å². The van der Waals surface area contributed by atoms with E-state index in [2.05, 4.69) is 0 Å². The van der Waals surface area contributed by atoms with Gasteiger partial charge < -0.3 is 14.9 Å². The van der Waals surface area contributed by atoms with Crippen molar-refractivity contribution < 1.29 is 23.1 Å². The molecule has 0 saturated carbocycles. The number of carboxylic acids is 1. The van der Waals surface area contributed by atoms with Crippen molar-refractivity contribution in [2.24, 2.45) is 0 Å². The minimum Gasteiger partial charge on any atom is -0.480 e. The van der Waals surface area contributed by atoms with Crippen LogP contribution in [0, 0.1) is 0 Å². The Morgan fingerprint density at radius 3 is 2.33 bits per heavy atom. The number of hydrogen-bond donors (Lipinski definition) is 1. The molecule has 120 valence electrons. The van der Waals surface area contributed by atoms with Crippen LogP contribution in [-0.4, -0.2) is 97.5 Å². The van der Waals surface area contributed by atoms with E-state index in [0.29, 0.717) is 32.6 Å². The summed E-state index contributed by atoms with van der Waals surface area (Å²) in [5, 5.41) is 8.73. The maximum atomic E-state index is 12.3. The average molecular weight is 319 g/mol. The van der Waals surface area contributed by atoms with Crippen LogP contribution in [0.2, 0.25) is 0 Å². The quantitative estimate of drug-likeness (QED) is 0.711. The molecule has 2 aliphatic rings. The number of sulfone groups is 1. The van der Waals surface area contributed by atoms with Crippen molar-refractivity contribution in [1.82, 2.24) is 14.7 Å². The van der Waals surface area contributed by atoms with Crippen LogP contribution in [0.25, 0.3) is 0 Å². The number of carbonyl (C=O) groups is 2. The normalized spacial score (nSPS) is 25.8. The fraction of sp³-hybridized carbons (Fsp3) is 0.833. The molecule has 2 fully saturated rings. The van der Waals surface area contributed by atoms with E-state index in [1.807, 2.05) is 0 Å². The Morgan fingerprint density at radius 1 is 1.24 bits per heavy atom. The third-order valence-electron chi connectivity index (χ3n) is 4.06. The Bertz CT molecular complexity index is 513. The summed E-state index contributed by atoms with van der Waals surface area (Å²) in [5.41, 5.74) is 0. The first-order valence-electron chi connectivity index (χ1n) is 6.95. The molecule has 1 N–H and O–H groups in total. The van der Waals surface area contributed by atoms with Gasteiger partial charge in [0.2, 0.25) is 0 Å². The van der Waals surface area contributed by atoms with E-state index in [9.17, 15) is 18.0 Å². The standard InChI is InChI=1S/C12H21N3O5S/c1-13(10-2-7-21(19,20)9-10)12(18)15-5-3-14(4-6-15)8-11(16)17/h10H,2-9H2,1H3,(H,16,17). The lowest BCUT2D eigenvalue weighted by molar-refractivity contribution is -0.138. The van der Waals surface area contributed by atoms with Crippen LogP contribution in [0.1, 0.15) is 6.42 Å². The Labute approximate surface area is 124 Å². The zero-order valence-electron chi connectivity index (χ0n) is 12.1. The molecule has 0 aliphatic carbocycles. The zero-order valence-corrected chi connectivity index (χ0v) is 12.9. The van der Waals surface area contributed by atoms with Gasteiger partial charge in [0.1, 0.15) is 0 Å². The van der Waals surface area contributed by atoms with Gasteiger partial charge in [-0.15, -0.1) is 0 Å². The molecular formula is C12H21N3O5S. The predicted molar refractivity (Wildman–Crippen MR) is 75.9 cm³/mol. The van der Waals surface area contributed by atoms with E-state index in [-0.39, 0.29) is 30.1 Å². The highest BCUT2D eigenvalue weighted by molar-refractivity contribution is 7.91. The maximum Gasteiger partial charge on any atom is 0.320 e. The van der Waals surface area contributed by atoms with Crippen molar-refractivity contribution in [1.29, 1.82) is 0 Å². The molecule has 1 unspecified atom stereocenters. The van der Waals surface area contributed by atoms with Gasteiger partial charge in [-0.1, -0.05) is 0 Å². The summed E-state index contributed by atoms with van der Waals surface area (Å²) in [6.07, 6.45) is 0.490. The average Bonchev–Trinajstić information content (AvgIpc) is 2.77. The van der Waals surface area contributed by atoms with E-state index < -0.39 is 15.8 Å².